The maximum atomic E-state index is 11.0. The molecule has 0 aliphatic heterocycles. The van der Waals surface area contributed by atoms with Gasteiger partial charge in [0.05, 0.1) is 0 Å². The number of hydrogen-bond donors (Lipinski definition) is 1. The van der Waals surface area contributed by atoms with Gasteiger partial charge in [0.15, 0.2) is 0 Å². The number of hydrogen-bond acceptors (Lipinski definition) is 2. The van der Waals surface area contributed by atoms with Gasteiger partial charge in [-0.05, 0) is 86.0 Å². The monoisotopic (exact) mass is 418 g/mol. The molecule has 1 heterocycles. The topological polar surface area (TPSA) is 37.3 Å². The molecule has 2 nitrogen and oxygen atoms in total. The fraction of sp³-hybridized carbons (Fsp3) is 0.542. The van der Waals surface area contributed by atoms with Crippen molar-refractivity contribution >= 4 is 28.9 Å². The third-order valence-electron chi connectivity index (χ3n) is 6.14. The number of carboxylic acids is 1. The van der Waals surface area contributed by atoms with Crippen LogP contribution in [0.15, 0.2) is 36.4 Å². The Morgan fingerprint density at radius 2 is 2.00 bits per heavy atom. The number of aromatic carboxylic acids is 1. The molecule has 0 radical (unpaired) electrons. The predicted molar refractivity (Wildman–Crippen MR) is 119 cm³/mol. The van der Waals surface area contributed by atoms with Crippen molar-refractivity contribution in [2.75, 3.05) is 0 Å². The van der Waals surface area contributed by atoms with E-state index in [4.69, 9.17) is 16.7 Å². The van der Waals surface area contributed by atoms with Crippen molar-refractivity contribution in [3.8, 4) is 0 Å². The fourth-order valence-corrected chi connectivity index (χ4v) is 5.82. The van der Waals surface area contributed by atoms with Crippen molar-refractivity contribution < 1.29 is 9.90 Å². The maximum absolute atomic E-state index is 11.0. The molecule has 2 unspecified atom stereocenters. The van der Waals surface area contributed by atoms with Crippen molar-refractivity contribution in [3.05, 3.63) is 57.3 Å². The van der Waals surface area contributed by atoms with E-state index in [1.54, 1.807) is 6.07 Å². The molecule has 1 aliphatic rings. The van der Waals surface area contributed by atoms with Crippen LogP contribution in [0.4, 0.5) is 0 Å². The molecule has 0 amide bonds. The molecular formula is C24H31ClO2S. The second-order valence-corrected chi connectivity index (χ2v) is 10.1. The standard InChI is InChI=1S/C24H31ClO2S/c1-16(2)19-7-3-5-17(15-19)9-12-21-18(10-13-22(21)25)6-4-8-20-11-14-23(28-20)24(26)27/h3,5,7,11,14-16,18,21-22H,4,6,8-10,12-13H2,1-2H3,(H,26,27)/t18-,21?,22?/m0/s1. The van der Waals surface area contributed by atoms with Gasteiger partial charge < -0.3 is 5.11 Å². The minimum atomic E-state index is -0.821. The molecule has 0 bridgehead atoms. The molecule has 2 aromatic rings. The Labute approximate surface area is 177 Å². The summed E-state index contributed by atoms with van der Waals surface area (Å²) < 4.78 is 0. The average Bonchev–Trinajstić information content (AvgIpc) is 3.28. The van der Waals surface area contributed by atoms with Crippen molar-refractivity contribution in [2.24, 2.45) is 11.8 Å². The lowest BCUT2D eigenvalue weighted by atomic mass is 9.86. The van der Waals surface area contributed by atoms with Gasteiger partial charge in [0.25, 0.3) is 0 Å². The van der Waals surface area contributed by atoms with Gasteiger partial charge >= 0.3 is 5.97 Å². The number of aryl methyl sites for hydroxylation is 2. The van der Waals surface area contributed by atoms with E-state index in [2.05, 4.69) is 38.1 Å². The molecule has 1 saturated carbocycles. The number of benzene rings is 1. The maximum Gasteiger partial charge on any atom is 0.345 e. The third-order valence-corrected chi connectivity index (χ3v) is 7.81. The van der Waals surface area contributed by atoms with E-state index in [1.165, 1.54) is 46.6 Å². The van der Waals surface area contributed by atoms with Crippen molar-refractivity contribution in [1.29, 1.82) is 0 Å². The first-order chi connectivity index (χ1) is 13.4. The Hall–Kier alpha value is -1.32. The summed E-state index contributed by atoms with van der Waals surface area (Å²) in [5.74, 6) is 1.05. The summed E-state index contributed by atoms with van der Waals surface area (Å²) in [4.78, 5) is 12.6. The second-order valence-electron chi connectivity index (χ2n) is 8.42. The molecule has 3 atom stereocenters. The summed E-state index contributed by atoms with van der Waals surface area (Å²) >= 11 is 8.10. The molecule has 1 aliphatic carbocycles. The lowest BCUT2D eigenvalue weighted by Crippen LogP contribution is -2.16. The van der Waals surface area contributed by atoms with E-state index >= 15 is 0 Å². The molecule has 1 aromatic heterocycles. The fourth-order valence-electron chi connectivity index (χ4n) is 4.48. The highest BCUT2D eigenvalue weighted by atomic mass is 35.5. The SMILES string of the molecule is CC(C)c1cccc(CCC2C(Cl)CC[C@@H]2CCCc2ccc(C(=O)O)s2)c1. The number of carbonyl (C=O) groups is 1. The normalized spacial score (nSPS) is 22.1. The third kappa shape index (κ3) is 5.61. The van der Waals surface area contributed by atoms with Crippen molar-refractivity contribution in [2.45, 2.75) is 70.1 Å². The zero-order valence-corrected chi connectivity index (χ0v) is 18.4. The van der Waals surface area contributed by atoms with Gasteiger partial charge in [0, 0.05) is 10.3 Å². The number of alkyl halides is 1. The summed E-state index contributed by atoms with van der Waals surface area (Å²) in [5, 5.41) is 9.36. The molecule has 28 heavy (non-hydrogen) atoms. The van der Waals surface area contributed by atoms with Gasteiger partial charge in [-0.15, -0.1) is 22.9 Å². The van der Waals surface area contributed by atoms with Crippen LogP contribution in [-0.4, -0.2) is 16.5 Å². The molecule has 152 valence electrons. The van der Waals surface area contributed by atoms with E-state index < -0.39 is 5.97 Å². The largest absolute Gasteiger partial charge is 0.477 e. The minimum absolute atomic E-state index is 0.304. The second kappa shape index (κ2) is 9.93. The van der Waals surface area contributed by atoms with E-state index in [0.29, 0.717) is 28.0 Å². The smallest absolute Gasteiger partial charge is 0.345 e. The van der Waals surface area contributed by atoms with Crippen LogP contribution >= 0.6 is 22.9 Å². The van der Waals surface area contributed by atoms with E-state index in [0.717, 1.165) is 25.7 Å². The number of thiophene rings is 1. The molecule has 1 fully saturated rings. The Morgan fingerprint density at radius 3 is 2.71 bits per heavy atom. The van der Waals surface area contributed by atoms with Crippen molar-refractivity contribution in [3.63, 3.8) is 0 Å². The van der Waals surface area contributed by atoms with Crippen LogP contribution in [0, 0.1) is 11.8 Å². The Bertz CT molecular complexity index is 782. The van der Waals surface area contributed by atoms with Crippen LogP contribution in [0.25, 0.3) is 0 Å². The Kier molecular flexibility index (Phi) is 7.59. The highest BCUT2D eigenvalue weighted by Crippen LogP contribution is 2.41. The lowest BCUT2D eigenvalue weighted by molar-refractivity contribution is 0.0702. The van der Waals surface area contributed by atoms with Gasteiger partial charge in [-0.3, -0.25) is 0 Å². The molecule has 4 heteroatoms. The van der Waals surface area contributed by atoms with Crippen LogP contribution < -0.4 is 0 Å². The van der Waals surface area contributed by atoms with Crippen LogP contribution in [0.5, 0.6) is 0 Å². The summed E-state index contributed by atoms with van der Waals surface area (Å²) in [6.45, 7) is 4.49. The van der Waals surface area contributed by atoms with Gasteiger partial charge in [-0.25, -0.2) is 4.79 Å². The van der Waals surface area contributed by atoms with Crippen LogP contribution in [0.1, 0.15) is 77.5 Å². The van der Waals surface area contributed by atoms with Gasteiger partial charge in [0.1, 0.15) is 4.88 Å². The van der Waals surface area contributed by atoms with Crippen LogP contribution in [-0.2, 0) is 12.8 Å². The first-order valence-electron chi connectivity index (χ1n) is 10.5. The highest BCUT2D eigenvalue weighted by Gasteiger charge is 2.33. The molecule has 1 N–H and O–H groups in total. The molecule has 0 spiro atoms. The first kappa shape index (κ1) is 21.4. The molecular weight excluding hydrogens is 388 g/mol. The van der Waals surface area contributed by atoms with Gasteiger partial charge in [-0.1, -0.05) is 38.1 Å². The Morgan fingerprint density at radius 1 is 1.18 bits per heavy atom. The van der Waals surface area contributed by atoms with Crippen LogP contribution in [0.3, 0.4) is 0 Å². The zero-order chi connectivity index (χ0) is 20.1. The predicted octanol–water partition coefficient (Wildman–Crippen LogP) is 7.16. The average molecular weight is 419 g/mol. The van der Waals surface area contributed by atoms with E-state index in [-0.39, 0.29) is 0 Å². The highest BCUT2D eigenvalue weighted by molar-refractivity contribution is 7.13. The summed E-state index contributed by atoms with van der Waals surface area (Å²) in [5.41, 5.74) is 2.85. The summed E-state index contributed by atoms with van der Waals surface area (Å²) in [6.07, 6.45) is 7.93. The first-order valence-corrected chi connectivity index (χ1v) is 11.7. The molecule has 3 rings (SSSR count). The quantitative estimate of drug-likeness (QED) is 0.438. The summed E-state index contributed by atoms with van der Waals surface area (Å²) in [6, 6.07) is 12.7. The molecule has 1 aromatic carbocycles. The van der Waals surface area contributed by atoms with E-state index in [1.807, 2.05) is 6.07 Å². The summed E-state index contributed by atoms with van der Waals surface area (Å²) in [7, 11) is 0. The van der Waals surface area contributed by atoms with E-state index in [9.17, 15) is 4.79 Å². The molecule has 0 saturated heterocycles. The van der Waals surface area contributed by atoms with Crippen molar-refractivity contribution in [1.82, 2.24) is 0 Å². The van der Waals surface area contributed by atoms with Crippen LogP contribution in [0.2, 0.25) is 0 Å². The number of rotatable bonds is 9. The minimum Gasteiger partial charge on any atom is -0.477 e. The lowest BCUT2D eigenvalue weighted by Gasteiger charge is -2.22. The van der Waals surface area contributed by atoms with Gasteiger partial charge in [-0.2, -0.15) is 0 Å². The number of halogens is 1. The Balaban J connectivity index is 1.50. The zero-order valence-electron chi connectivity index (χ0n) is 16.9. The number of carboxylic acid groups (broad SMARTS) is 1. The van der Waals surface area contributed by atoms with Gasteiger partial charge in [0.2, 0.25) is 0 Å².